The van der Waals surface area contributed by atoms with Gasteiger partial charge in [0.05, 0.1) is 0 Å². The Labute approximate surface area is 128 Å². The highest BCUT2D eigenvalue weighted by molar-refractivity contribution is 9.10. The Morgan fingerprint density at radius 1 is 1.20 bits per heavy atom. The third kappa shape index (κ3) is 3.41. The summed E-state index contributed by atoms with van der Waals surface area (Å²) in [5, 5.41) is 6.51. The molecular weight excluding hydrogens is 316 g/mol. The summed E-state index contributed by atoms with van der Waals surface area (Å²) in [6.07, 6.45) is 4.55. The molecule has 2 aliphatic rings. The van der Waals surface area contributed by atoms with E-state index in [4.69, 9.17) is 0 Å². The zero-order chi connectivity index (χ0) is 13.9. The van der Waals surface area contributed by atoms with Crippen molar-refractivity contribution >= 4 is 21.8 Å². The van der Waals surface area contributed by atoms with Crippen LogP contribution in [0.5, 0.6) is 0 Å². The predicted octanol–water partition coefficient (Wildman–Crippen LogP) is 2.81. The number of rotatable bonds is 6. The van der Waals surface area contributed by atoms with Crippen LogP contribution in [-0.4, -0.2) is 25.0 Å². The van der Waals surface area contributed by atoms with E-state index in [-0.39, 0.29) is 5.91 Å². The first kappa shape index (κ1) is 14.1. The predicted molar refractivity (Wildman–Crippen MR) is 83.6 cm³/mol. The number of halogens is 1. The van der Waals surface area contributed by atoms with Crippen LogP contribution in [0.4, 0.5) is 0 Å². The Morgan fingerprint density at radius 3 is 2.65 bits per heavy atom. The summed E-state index contributed by atoms with van der Waals surface area (Å²) in [6, 6.07) is 9.09. The highest BCUT2D eigenvalue weighted by Gasteiger charge is 2.31. The van der Waals surface area contributed by atoms with Gasteiger partial charge in [0, 0.05) is 29.5 Å². The van der Waals surface area contributed by atoms with E-state index >= 15 is 0 Å². The van der Waals surface area contributed by atoms with E-state index in [9.17, 15) is 4.79 Å². The van der Waals surface area contributed by atoms with Crippen molar-refractivity contribution in [3.05, 3.63) is 34.3 Å². The normalized spacial score (nSPS) is 25.1. The SMILES string of the molecule is O=C(NCCNC1CC(c2ccccc2Br)C1)C1CC1. The Bertz CT molecular complexity index is 481. The second-order valence-electron chi connectivity index (χ2n) is 5.91. The maximum atomic E-state index is 11.5. The van der Waals surface area contributed by atoms with Crippen molar-refractivity contribution in [2.24, 2.45) is 5.92 Å². The molecule has 1 aromatic carbocycles. The van der Waals surface area contributed by atoms with E-state index in [1.165, 1.54) is 22.9 Å². The molecule has 4 heteroatoms. The summed E-state index contributed by atoms with van der Waals surface area (Å²) < 4.78 is 1.22. The molecule has 108 valence electrons. The lowest BCUT2D eigenvalue weighted by molar-refractivity contribution is -0.122. The standard InChI is InChI=1S/C16H21BrN2O/c17-15-4-2-1-3-14(15)12-9-13(10-12)18-7-8-19-16(20)11-5-6-11/h1-4,11-13,18H,5-10H2,(H,19,20). The number of carbonyl (C=O) groups excluding carboxylic acids is 1. The van der Waals surface area contributed by atoms with Crippen LogP contribution >= 0.6 is 15.9 Å². The van der Waals surface area contributed by atoms with Gasteiger partial charge in [-0.15, -0.1) is 0 Å². The molecule has 0 aliphatic heterocycles. The first-order valence-corrected chi connectivity index (χ1v) is 8.29. The zero-order valence-corrected chi connectivity index (χ0v) is 13.2. The summed E-state index contributed by atoms with van der Waals surface area (Å²) in [6.45, 7) is 1.64. The Morgan fingerprint density at radius 2 is 1.95 bits per heavy atom. The van der Waals surface area contributed by atoms with Gasteiger partial charge in [-0.2, -0.15) is 0 Å². The lowest BCUT2D eigenvalue weighted by atomic mass is 9.76. The van der Waals surface area contributed by atoms with Crippen molar-refractivity contribution in [1.82, 2.24) is 10.6 Å². The first-order chi connectivity index (χ1) is 9.74. The fourth-order valence-corrected chi connectivity index (χ4v) is 3.41. The second kappa shape index (κ2) is 6.27. The van der Waals surface area contributed by atoms with Crippen molar-refractivity contribution in [3.63, 3.8) is 0 Å². The van der Waals surface area contributed by atoms with Crippen LogP contribution in [0.2, 0.25) is 0 Å². The van der Waals surface area contributed by atoms with Crippen LogP contribution in [0, 0.1) is 5.92 Å². The average Bonchev–Trinajstić information content (AvgIpc) is 3.22. The fourth-order valence-electron chi connectivity index (χ4n) is 2.80. The number of nitrogens with one attached hydrogen (secondary N) is 2. The molecule has 0 radical (unpaired) electrons. The molecule has 2 saturated carbocycles. The number of hydrogen-bond donors (Lipinski definition) is 2. The quantitative estimate of drug-likeness (QED) is 0.784. The smallest absolute Gasteiger partial charge is 0.223 e. The van der Waals surface area contributed by atoms with Gasteiger partial charge in [0.25, 0.3) is 0 Å². The summed E-state index contributed by atoms with van der Waals surface area (Å²) in [5.41, 5.74) is 1.42. The van der Waals surface area contributed by atoms with Gasteiger partial charge in [-0.05, 0) is 43.2 Å². The third-order valence-corrected chi connectivity index (χ3v) is 5.01. The lowest BCUT2D eigenvalue weighted by Crippen LogP contribution is -2.43. The van der Waals surface area contributed by atoms with Gasteiger partial charge < -0.3 is 10.6 Å². The highest BCUT2D eigenvalue weighted by Crippen LogP contribution is 2.39. The molecule has 20 heavy (non-hydrogen) atoms. The van der Waals surface area contributed by atoms with Crippen molar-refractivity contribution in [2.45, 2.75) is 37.6 Å². The number of carbonyl (C=O) groups is 1. The van der Waals surface area contributed by atoms with E-state index in [0.29, 0.717) is 17.9 Å². The molecule has 2 aliphatic carbocycles. The van der Waals surface area contributed by atoms with E-state index in [1.54, 1.807) is 0 Å². The monoisotopic (exact) mass is 336 g/mol. The molecule has 0 saturated heterocycles. The average molecular weight is 337 g/mol. The highest BCUT2D eigenvalue weighted by atomic mass is 79.9. The fraction of sp³-hybridized carbons (Fsp3) is 0.562. The van der Waals surface area contributed by atoms with Crippen LogP contribution in [0.3, 0.4) is 0 Å². The van der Waals surface area contributed by atoms with Crippen LogP contribution in [-0.2, 0) is 4.79 Å². The van der Waals surface area contributed by atoms with Crippen LogP contribution in [0.1, 0.15) is 37.2 Å². The molecule has 2 fully saturated rings. The molecule has 3 nitrogen and oxygen atoms in total. The number of amides is 1. The minimum absolute atomic E-state index is 0.242. The van der Waals surface area contributed by atoms with Gasteiger partial charge >= 0.3 is 0 Å². The van der Waals surface area contributed by atoms with E-state index in [0.717, 1.165) is 25.9 Å². The first-order valence-electron chi connectivity index (χ1n) is 7.49. The van der Waals surface area contributed by atoms with Gasteiger partial charge in [0.2, 0.25) is 5.91 Å². The van der Waals surface area contributed by atoms with Gasteiger partial charge in [0.15, 0.2) is 0 Å². The Hall–Kier alpha value is -0.870. The van der Waals surface area contributed by atoms with Gasteiger partial charge in [0.1, 0.15) is 0 Å². The molecule has 2 N–H and O–H groups in total. The number of hydrogen-bond acceptors (Lipinski definition) is 2. The lowest BCUT2D eigenvalue weighted by Gasteiger charge is -2.37. The van der Waals surface area contributed by atoms with Crippen LogP contribution in [0.15, 0.2) is 28.7 Å². The molecule has 0 aromatic heterocycles. The summed E-state index contributed by atoms with van der Waals surface area (Å²) in [5.74, 6) is 1.23. The summed E-state index contributed by atoms with van der Waals surface area (Å²) in [4.78, 5) is 11.5. The molecule has 1 aromatic rings. The molecular formula is C16H21BrN2O. The molecule has 0 atom stereocenters. The molecule has 0 unspecified atom stereocenters. The topological polar surface area (TPSA) is 41.1 Å². The van der Waals surface area contributed by atoms with Crippen molar-refractivity contribution in [1.29, 1.82) is 0 Å². The molecule has 0 heterocycles. The van der Waals surface area contributed by atoms with Crippen LogP contribution in [0.25, 0.3) is 0 Å². The van der Waals surface area contributed by atoms with Gasteiger partial charge in [-0.3, -0.25) is 4.79 Å². The van der Waals surface area contributed by atoms with Gasteiger partial charge in [-0.25, -0.2) is 0 Å². The maximum absolute atomic E-state index is 11.5. The minimum Gasteiger partial charge on any atom is -0.355 e. The molecule has 1 amide bonds. The third-order valence-electron chi connectivity index (χ3n) is 4.29. The minimum atomic E-state index is 0.242. The van der Waals surface area contributed by atoms with Crippen molar-refractivity contribution < 1.29 is 4.79 Å². The molecule has 3 rings (SSSR count). The maximum Gasteiger partial charge on any atom is 0.223 e. The number of benzene rings is 1. The summed E-state index contributed by atoms with van der Waals surface area (Å²) in [7, 11) is 0. The molecule has 0 spiro atoms. The van der Waals surface area contributed by atoms with E-state index in [1.807, 2.05) is 0 Å². The summed E-state index contributed by atoms with van der Waals surface area (Å²) >= 11 is 3.62. The van der Waals surface area contributed by atoms with Crippen molar-refractivity contribution in [3.8, 4) is 0 Å². The Balaban J connectivity index is 1.32. The van der Waals surface area contributed by atoms with E-state index in [2.05, 4.69) is 50.8 Å². The Kier molecular flexibility index (Phi) is 4.41. The molecule has 0 bridgehead atoms. The largest absolute Gasteiger partial charge is 0.355 e. The van der Waals surface area contributed by atoms with E-state index < -0.39 is 0 Å². The van der Waals surface area contributed by atoms with Crippen molar-refractivity contribution in [2.75, 3.05) is 13.1 Å². The van der Waals surface area contributed by atoms with Crippen LogP contribution < -0.4 is 10.6 Å². The van der Waals surface area contributed by atoms with Gasteiger partial charge in [-0.1, -0.05) is 34.1 Å². The second-order valence-corrected chi connectivity index (χ2v) is 6.76. The zero-order valence-electron chi connectivity index (χ0n) is 11.6.